The first-order valence-corrected chi connectivity index (χ1v) is 4.80. The number of benzene rings is 1. The monoisotopic (exact) mass is 209 g/mol. The number of amides is 1. The standard InChI is InChI=1S/C11H12FNO2/c1-13-9(6-10(14)11(13)15)7-2-4-8(12)5-3-7/h2-5,9-10,14H,6H2,1H3/t9-,10+/m1/s1. The Bertz CT molecular complexity index is 377. The van der Waals surface area contributed by atoms with Gasteiger partial charge in [-0.25, -0.2) is 4.39 Å². The summed E-state index contributed by atoms with van der Waals surface area (Å²) < 4.78 is 12.7. The van der Waals surface area contributed by atoms with Crippen LogP contribution in [-0.2, 0) is 4.79 Å². The smallest absolute Gasteiger partial charge is 0.251 e. The predicted octanol–water partition coefficient (Wildman–Crippen LogP) is 1.09. The van der Waals surface area contributed by atoms with E-state index in [4.69, 9.17) is 0 Å². The number of hydrogen-bond acceptors (Lipinski definition) is 2. The molecule has 1 heterocycles. The van der Waals surface area contributed by atoms with Crippen LogP contribution < -0.4 is 0 Å². The molecule has 0 aromatic heterocycles. The van der Waals surface area contributed by atoms with Crippen molar-refractivity contribution in [1.82, 2.24) is 4.90 Å². The van der Waals surface area contributed by atoms with Gasteiger partial charge in [0.05, 0.1) is 6.04 Å². The second-order valence-corrected chi connectivity index (χ2v) is 3.77. The van der Waals surface area contributed by atoms with Gasteiger partial charge in [0.25, 0.3) is 5.91 Å². The van der Waals surface area contributed by atoms with Gasteiger partial charge >= 0.3 is 0 Å². The van der Waals surface area contributed by atoms with Crippen LogP contribution in [0.5, 0.6) is 0 Å². The lowest BCUT2D eigenvalue weighted by molar-refractivity contribution is -0.134. The zero-order valence-electron chi connectivity index (χ0n) is 8.35. The average Bonchev–Trinajstić information content (AvgIpc) is 2.47. The third-order valence-corrected chi connectivity index (χ3v) is 2.80. The Hall–Kier alpha value is -1.42. The van der Waals surface area contributed by atoms with Gasteiger partial charge in [-0.2, -0.15) is 0 Å². The molecule has 3 nitrogen and oxygen atoms in total. The first-order chi connectivity index (χ1) is 7.09. The van der Waals surface area contributed by atoms with Gasteiger partial charge in [0, 0.05) is 13.5 Å². The van der Waals surface area contributed by atoms with Crippen LogP contribution in [0.1, 0.15) is 18.0 Å². The molecule has 1 fully saturated rings. The zero-order valence-corrected chi connectivity index (χ0v) is 8.35. The highest BCUT2D eigenvalue weighted by Gasteiger charge is 2.36. The summed E-state index contributed by atoms with van der Waals surface area (Å²) in [6.45, 7) is 0. The summed E-state index contributed by atoms with van der Waals surface area (Å²) in [5, 5.41) is 9.39. The molecule has 1 aromatic carbocycles. The van der Waals surface area contributed by atoms with Gasteiger partial charge < -0.3 is 10.0 Å². The van der Waals surface area contributed by atoms with Gasteiger partial charge in [-0.3, -0.25) is 4.79 Å². The minimum atomic E-state index is -0.926. The number of nitrogens with zero attached hydrogens (tertiary/aromatic N) is 1. The first-order valence-electron chi connectivity index (χ1n) is 4.80. The molecule has 1 aromatic rings. The van der Waals surface area contributed by atoms with Crippen LogP contribution in [0.4, 0.5) is 4.39 Å². The number of likely N-dealkylation sites (N-methyl/N-ethyl adjacent to an activating group) is 1. The van der Waals surface area contributed by atoms with E-state index in [1.807, 2.05) is 0 Å². The van der Waals surface area contributed by atoms with Gasteiger partial charge in [-0.05, 0) is 17.7 Å². The molecule has 0 unspecified atom stereocenters. The van der Waals surface area contributed by atoms with Crippen molar-refractivity contribution in [3.63, 3.8) is 0 Å². The fourth-order valence-corrected chi connectivity index (χ4v) is 1.90. The molecule has 1 amide bonds. The summed E-state index contributed by atoms with van der Waals surface area (Å²) >= 11 is 0. The lowest BCUT2D eigenvalue weighted by atomic mass is 10.0. The lowest BCUT2D eigenvalue weighted by Gasteiger charge is -2.19. The summed E-state index contributed by atoms with van der Waals surface area (Å²) in [6.07, 6.45) is -0.550. The molecule has 1 aliphatic heterocycles. The highest BCUT2D eigenvalue weighted by Crippen LogP contribution is 2.31. The number of hydrogen-bond donors (Lipinski definition) is 1. The SMILES string of the molecule is CN1C(=O)[C@@H](O)C[C@@H]1c1ccc(F)cc1. The summed E-state index contributed by atoms with van der Waals surface area (Å²) in [4.78, 5) is 12.9. The Morgan fingerprint density at radius 3 is 2.47 bits per heavy atom. The van der Waals surface area contributed by atoms with Crippen molar-refractivity contribution in [3.05, 3.63) is 35.6 Å². The van der Waals surface area contributed by atoms with Crippen molar-refractivity contribution in [2.45, 2.75) is 18.6 Å². The Labute approximate surface area is 87.1 Å². The number of halogens is 1. The van der Waals surface area contributed by atoms with Crippen molar-refractivity contribution in [2.75, 3.05) is 7.05 Å². The average molecular weight is 209 g/mol. The Kier molecular flexibility index (Phi) is 2.44. The summed E-state index contributed by atoms with van der Waals surface area (Å²) in [5.74, 6) is -0.574. The van der Waals surface area contributed by atoms with Gasteiger partial charge in [0.2, 0.25) is 0 Å². The summed E-state index contributed by atoms with van der Waals surface area (Å²) in [6, 6.07) is 5.86. The minimum absolute atomic E-state index is 0.145. The topological polar surface area (TPSA) is 40.5 Å². The Morgan fingerprint density at radius 1 is 1.40 bits per heavy atom. The Morgan fingerprint density at radius 2 is 2.00 bits per heavy atom. The summed E-state index contributed by atoms with van der Waals surface area (Å²) in [7, 11) is 1.65. The number of carbonyl (C=O) groups is 1. The first kappa shape index (κ1) is 10.1. The fourth-order valence-electron chi connectivity index (χ4n) is 1.90. The molecule has 0 saturated carbocycles. The van der Waals surface area contributed by atoms with Gasteiger partial charge in [0.1, 0.15) is 11.9 Å². The van der Waals surface area contributed by atoms with Gasteiger partial charge in [0.15, 0.2) is 0 Å². The molecule has 0 aliphatic carbocycles. The normalized spacial score (nSPS) is 26.1. The lowest BCUT2D eigenvalue weighted by Crippen LogP contribution is -2.26. The quantitative estimate of drug-likeness (QED) is 0.752. The molecular formula is C11H12FNO2. The van der Waals surface area contributed by atoms with E-state index in [9.17, 15) is 14.3 Å². The van der Waals surface area contributed by atoms with Crippen LogP contribution in [0.25, 0.3) is 0 Å². The maximum absolute atomic E-state index is 12.7. The van der Waals surface area contributed by atoms with E-state index >= 15 is 0 Å². The fraction of sp³-hybridized carbons (Fsp3) is 0.364. The number of rotatable bonds is 1. The number of aliphatic hydroxyl groups excluding tert-OH is 1. The maximum Gasteiger partial charge on any atom is 0.251 e. The van der Waals surface area contributed by atoms with E-state index in [1.54, 1.807) is 19.2 Å². The molecular weight excluding hydrogens is 197 g/mol. The number of carbonyl (C=O) groups excluding carboxylic acids is 1. The van der Waals surface area contributed by atoms with Crippen LogP contribution in [0, 0.1) is 5.82 Å². The van der Waals surface area contributed by atoms with Gasteiger partial charge in [-0.15, -0.1) is 0 Å². The van der Waals surface area contributed by atoms with Crippen LogP contribution >= 0.6 is 0 Å². The van der Waals surface area contributed by atoms with Crippen molar-refractivity contribution in [2.24, 2.45) is 0 Å². The molecule has 80 valence electrons. The van der Waals surface area contributed by atoms with Crippen molar-refractivity contribution in [3.8, 4) is 0 Å². The Balaban J connectivity index is 2.25. The molecule has 2 rings (SSSR count). The van der Waals surface area contributed by atoms with Crippen LogP contribution in [0.2, 0.25) is 0 Å². The van der Waals surface area contributed by atoms with Crippen LogP contribution in [0.3, 0.4) is 0 Å². The molecule has 1 aliphatic rings. The number of likely N-dealkylation sites (tertiary alicyclic amines) is 1. The van der Waals surface area contributed by atoms with E-state index in [-0.39, 0.29) is 17.8 Å². The molecule has 15 heavy (non-hydrogen) atoms. The zero-order chi connectivity index (χ0) is 11.0. The maximum atomic E-state index is 12.7. The van der Waals surface area contributed by atoms with Crippen LogP contribution in [0.15, 0.2) is 24.3 Å². The van der Waals surface area contributed by atoms with Crippen LogP contribution in [-0.4, -0.2) is 29.1 Å². The third kappa shape index (κ3) is 1.72. The van der Waals surface area contributed by atoms with Crippen molar-refractivity contribution >= 4 is 5.91 Å². The van der Waals surface area contributed by atoms with E-state index in [0.717, 1.165) is 5.56 Å². The molecule has 1 N–H and O–H groups in total. The van der Waals surface area contributed by atoms with E-state index < -0.39 is 6.10 Å². The highest BCUT2D eigenvalue weighted by atomic mass is 19.1. The molecule has 1 saturated heterocycles. The van der Waals surface area contributed by atoms with Gasteiger partial charge in [-0.1, -0.05) is 12.1 Å². The van der Waals surface area contributed by atoms with Crippen molar-refractivity contribution in [1.29, 1.82) is 0 Å². The highest BCUT2D eigenvalue weighted by molar-refractivity contribution is 5.83. The summed E-state index contributed by atoms with van der Waals surface area (Å²) in [5.41, 5.74) is 0.851. The molecule has 0 radical (unpaired) electrons. The second-order valence-electron chi connectivity index (χ2n) is 3.77. The predicted molar refractivity (Wildman–Crippen MR) is 52.5 cm³/mol. The molecule has 2 atom stereocenters. The molecule has 4 heteroatoms. The van der Waals surface area contributed by atoms with E-state index in [1.165, 1.54) is 17.0 Å². The van der Waals surface area contributed by atoms with Crippen molar-refractivity contribution < 1.29 is 14.3 Å². The van der Waals surface area contributed by atoms with E-state index in [2.05, 4.69) is 0 Å². The van der Waals surface area contributed by atoms with E-state index in [0.29, 0.717) is 6.42 Å². The third-order valence-electron chi connectivity index (χ3n) is 2.80. The minimum Gasteiger partial charge on any atom is -0.383 e. The largest absolute Gasteiger partial charge is 0.383 e. The number of aliphatic hydroxyl groups is 1. The molecule has 0 bridgehead atoms. The second kappa shape index (κ2) is 3.62. The molecule has 0 spiro atoms.